The summed E-state index contributed by atoms with van der Waals surface area (Å²) in [5.41, 5.74) is 1.41. The van der Waals surface area contributed by atoms with Crippen LogP contribution in [0.4, 0.5) is 18.9 Å². The third kappa shape index (κ3) is 5.09. The van der Waals surface area contributed by atoms with Crippen LogP contribution in [0.2, 0.25) is 5.02 Å². The summed E-state index contributed by atoms with van der Waals surface area (Å²) in [6.07, 6.45) is -4.49. The molecule has 2 rings (SSSR count). The molecule has 2 aromatic carbocycles. The van der Waals surface area contributed by atoms with Crippen LogP contribution in [0.3, 0.4) is 0 Å². The number of aryl methyl sites for hydroxylation is 1. The Hall–Kier alpha value is -1.31. The maximum absolute atomic E-state index is 12.8. The Balaban J connectivity index is 2.00. The first-order valence-corrected chi connectivity index (χ1v) is 8.41. The molecule has 0 heterocycles. The van der Waals surface area contributed by atoms with Gasteiger partial charge in [-0.1, -0.05) is 33.6 Å². The Labute approximate surface area is 156 Å². The van der Waals surface area contributed by atoms with Gasteiger partial charge in [-0.15, -0.1) is 0 Å². The second-order valence-corrected chi connectivity index (χ2v) is 6.75. The average molecular weight is 438 g/mol. The highest BCUT2D eigenvalue weighted by molar-refractivity contribution is 9.10. The molecule has 2 nitrogen and oxygen atoms in total. The summed E-state index contributed by atoms with van der Waals surface area (Å²) < 4.78 is 39.5. The molecule has 8 heteroatoms. The average Bonchev–Trinajstić information content (AvgIpc) is 2.49. The van der Waals surface area contributed by atoms with Crippen molar-refractivity contribution in [1.82, 2.24) is 5.32 Å². The minimum absolute atomic E-state index is 0.154. The molecule has 128 valence electrons. The third-order valence-electron chi connectivity index (χ3n) is 3.21. The van der Waals surface area contributed by atoms with Crippen molar-refractivity contribution < 1.29 is 13.2 Å². The van der Waals surface area contributed by atoms with Crippen LogP contribution in [-0.2, 0) is 12.7 Å². The Morgan fingerprint density at radius 2 is 1.92 bits per heavy atom. The number of hydrogen-bond donors (Lipinski definition) is 2. The SMILES string of the molecule is Cc1cc(NC(=S)NCc2ccc(Cl)c(C(F)(F)F)c2)ccc1Br. The van der Waals surface area contributed by atoms with Crippen LogP contribution in [0.5, 0.6) is 0 Å². The molecule has 0 atom stereocenters. The smallest absolute Gasteiger partial charge is 0.358 e. The molecule has 0 aliphatic carbocycles. The van der Waals surface area contributed by atoms with Gasteiger partial charge in [0, 0.05) is 16.7 Å². The fraction of sp³-hybridized carbons (Fsp3) is 0.188. The van der Waals surface area contributed by atoms with E-state index in [1.54, 1.807) is 0 Å². The van der Waals surface area contributed by atoms with Crippen LogP contribution in [0.1, 0.15) is 16.7 Å². The number of nitrogens with one attached hydrogen (secondary N) is 2. The lowest BCUT2D eigenvalue weighted by Crippen LogP contribution is -2.28. The minimum atomic E-state index is -4.49. The standard InChI is InChI=1S/C16H13BrClF3N2S/c1-9-6-11(3-4-13(9)17)23-15(24)22-8-10-2-5-14(18)12(7-10)16(19,20)21/h2-7H,8H2,1H3,(H2,22,23,24). The van der Waals surface area contributed by atoms with Crippen molar-refractivity contribution in [1.29, 1.82) is 0 Å². The lowest BCUT2D eigenvalue weighted by Gasteiger charge is -2.14. The van der Waals surface area contributed by atoms with Crippen molar-refractivity contribution in [2.45, 2.75) is 19.6 Å². The van der Waals surface area contributed by atoms with E-state index in [4.69, 9.17) is 23.8 Å². The van der Waals surface area contributed by atoms with Gasteiger partial charge in [0.2, 0.25) is 0 Å². The van der Waals surface area contributed by atoms with Gasteiger partial charge in [-0.25, -0.2) is 0 Å². The van der Waals surface area contributed by atoms with E-state index in [-0.39, 0.29) is 11.6 Å². The molecule has 0 radical (unpaired) electrons. The number of halogens is 5. The quantitative estimate of drug-likeness (QED) is 0.583. The van der Waals surface area contributed by atoms with Gasteiger partial charge < -0.3 is 10.6 Å². The number of rotatable bonds is 3. The Bertz CT molecular complexity index is 765. The first kappa shape index (κ1) is 19.0. The van der Waals surface area contributed by atoms with Gasteiger partial charge in [0.25, 0.3) is 0 Å². The number of alkyl halides is 3. The Kier molecular flexibility index (Phi) is 6.11. The molecule has 0 unspecified atom stereocenters. The third-order valence-corrected chi connectivity index (χ3v) is 4.67. The van der Waals surface area contributed by atoms with Gasteiger partial charge in [0.15, 0.2) is 5.11 Å². The number of benzene rings is 2. The van der Waals surface area contributed by atoms with Crippen molar-refractivity contribution in [3.05, 3.63) is 62.6 Å². The summed E-state index contributed by atoms with van der Waals surface area (Å²) in [6.45, 7) is 2.10. The first-order valence-electron chi connectivity index (χ1n) is 6.83. The monoisotopic (exact) mass is 436 g/mol. The van der Waals surface area contributed by atoms with Gasteiger partial charge in [0.1, 0.15) is 0 Å². The second-order valence-electron chi connectivity index (χ2n) is 5.08. The van der Waals surface area contributed by atoms with Gasteiger partial charge in [0.05, 0.1) is 10.6 Å². The van der Waals surface area contributed by atoms with Gasteiger partial charge in [-0.3, -0.25) is 0 Å². The highest BCUT2D eigenvalue weighted by Gasteiger charge is 2.33. The van der Waals surface area contributed by atoms with Gasteiger partial charge >= 0.3 is 6.18 Å². The predicted molar refractivity (Wildman–Crippen MR) is 98.4 cm³/mol. The van der Waals surface area contributed by atoms with Crippen LogP contribution >= 0.6 is 39.7 Å². The van der Waals surface area contributed by atoms with Crippen molar-refractivity contribution >= 4 is 50.5 Å². The summed E-state index contributed by atoms with van der Waals surface area (Å²) in [4.78, 5) is 0. The zero-order valence-electron chi connectivity index (χ0n) is 12.5. The maximum Gasteiger partial charge on any atom is 0.417 e. The predicted octanol–water partition coefficient (Wildman–Crippen LogP) is 5.92. The topological polar surface area (TPSA) is 24.1 Å². The van der Waals surface area contributed by atoms with Crippen molar-refractivity contribution in [3.8, 4) is 0 Å². The fourth-order valence-electron chi connectivity index (χ4n) is 1.98. The summed E-state index contributed by atoms with van der Waals surface area (Å²) in [5, 5.41) is 5.86. The van der Waals surface area contributed by atoms with E-state index in [2.05, 4.69) is 26.6 Å². The summed E-state index contributed by atoms with van der Waals surface area (Å²) >= 11 is 14.2. The normalized spacial score (nSPS) is 11.2. The lowest BCUT2D eigenvalue weighted by molar-refractivity contribution is -0.137. The Morgan fingerprint density at radius 1 is 1.21 bits per heavy atom. The molecule has 0 aromatic heterocycles. The van der Waals surface area contributed by atoms with Crippen molar-refractivity contribution in [2.75, 3.05) is 5.32 Å². The van der Waals surface area contributed by atoms with Crippen molar-refractivity contribution in [3.63, 3.8) is 0 Å². The fourth-order valence-corrected chi connectivity index (χ4v) is 2.64. The zero-order valence-corrected chi connectivity index (χ0v) is 15.6. The molecule has 0 fully saturated rings. The highest BCUT2D eigenvalue weighted by atomic mass is 79.9. The number of anilines is 1. The number of thiocarbonyl (C=S) groups is 1. The minimum Gasteiger partial charge on any atom is -0.358 e. The molecular weight excluding hydrogens is 425 g/mol. The number of hydrogen-bond acceptors (Lipinski definition) is 1. The Morgan fingerprint density at radius 3 is 2.54 bits per heavy atom. The van der Waals surface area contributed by atoms with Crippen LogP contribution in [0.15, 0.2) is 40.9 Å². The van der Waals surface area contributed by atoms with E-state index in [9.17, 15) is 13.2 Å². The van der Waals surface area contributed by atoms with E-state index in [0.29, 0.717) is 10.7 Å². The summed E-state index contributed by atoms with van der Waals surface area (Å²) in [6, 6.07) is 9.40. The van der Waals surface area contributed by atoms with Crippen LogP contribution < -0.4 is 10.6 Å². The highest BCUT2D eigenvalue weighted by Crippen LogP contribution is 2.35. The molecule has 0 bridgehead atoms. The van der Waals surface area contributed by atoms with E-state index in [1.165, 1.54) is 12.1 Å². The molecule has 0 amide bonds. The van der Waals surface area contributed by atoms with E-state index in [0.717, 1.165) is 21.8 Å². The second kappa shape index (κ2) is 7.72. The molecule has 0 aliphatic rings. The maximum atomic E-state index is 12.8. The summed E-state index contributed by atoms with van der Waals surface area (Å²) in [7, 11) is 0. The molecule has 0 saturated heterocycles. The van der Waals surface area contributed by atoms with Crippen LogP contribution in [0, 0.1) is 6.92 Å². The molecular formula is C16H13BrClF3N2S. The lowest BCUT2D eigenvalue weighted by atomic mass is 10.1. The molecule has 2 aromatic rings. The van der Waals surface area contributed by atoms with E-state index in [1.807, 2.05) is 25.1 Å². The summed E-state index contributed by atoms with van der Waals surface area (Å²) in [5.74, 6) is 0. The van der Waals surface area contributed by atoms with Crippen LogP contribution in [-0.4, -0.2) is 5.11 Å². The van der Waals surface area contributed by atoms with Crippen molar-refractivity contribution in [2.24, 2.45) is 0 Å². The largest absolute Gasteiger partial charge is 0.417 e. The molecule has 24 heavy (non-hydrogen) atoms. The zero-order chi connectivity index (χ0) is 17.9. The molecule has 0 spiro atoms. The van der Waals surface area contributed by atoms with Gasteiger partial charge in [-0.2, -0.15) is 13.2 Å². The molecule has 2 N–H and O–H groups in total. The first-order chi connectivity index (χ1) is 11.2. The van der Waals surface area contributed by atoms with Crippen LogP contribution in [0.25, 0.3) is 0 Å². The van der Waals surface area contributed by atoms with E-state index >= 15 is 0 Å². The molecule has 0 saturated carbocycles. The van der Waals surface area contributed by atoms with Gasteiger partial charge in [-0.05, 0) is 60.6 Å². The van der Waals surface area contributed by atoms with E-state index < -0.39 is 11.7 Å². The molecule has 0 aliphatic heterocycles.